The van der Waals surface area contributed by atoms with Crippen molar-refractivity contribution in [3.05, 3.63) is 0 Å². The number of rotatable bonds is 6. The molecule has 1 rings (SSSR count). The predicted molar refractivity (Wildman–Crippen MR) is 79.3 cm³/mol. The summed E-state index contributed by atoms with van der Waals surface area (Å²) in [5.74, 6) is -1.02. The maximum atomic E-state index is 11.7. The summed E-state index contributed by atoms with van der Waals surface area (Å²) < 4.78 is 5.27. The summed E-state index contributed by atoms with van der Waals surface area (Å²) in [6, 6.07) is -1.34. The fraction of sp³-hybridized carbons (Fsp3) is 0.857. The van der Waals surface area contributed by atoms with E-state index in [-0.39, 0.29) is 0 Å². The first kappa shape index (κ1) is 17.7. The minimum Gasteiger partial charge on any atom is -0.480 e. The SMILES string of the molecule is CC(C)(C)[C@H](NC(=O)NCCCN1CCOCC1)C(=O)O. The number of hydrogen-bond donors (Lipinski definition) is 3. The number of carboxylic acids is 1. The van der Waals surface area contributed by atoms with Crippen LogP contribution in [0.5, 0.6) is 0 Å². The van der Waals surface area contributed by atoms with Crippen molar-refractivity contribution in [3.8, 4) is 0 Å². The van der Waals surface area contributed by atoms with Crippen molar-refractivity contribution in [1.82, 2.24) is 15.5 Å². The van der Waals surface area contributed by atoms with Gasteiger partial charge in [-0.3, -0.25) is 4.90 Å². The van der Waals surface area contributed by atoms with Gasteiger partial charge in [0.15, 0.2) is 0 Å². The summed E-state index contributed by atoms with van der Waals surface area (Å²) in [5, 5.41) is 14.4. The molecular formula is C14H27N3O4. The molecule has 122 valence electrons. The third-order valence-corrected chi connectivity index (χ3v) is 3.43. The van der Waals surface area contributed by atoms with Crippen molar-refractivity contribution in [2.24, 2.45) is 5.41 Å². The number of ether oxygens (including phenoxy) is 1. The van der Waals surface area contributed by atoms with Crippen molar-refractivity contribution in [3.63, 3.8) is 0 Å². The number of amides is 2. The molecule has 0 unspecified atom stereocenters. The van der Waals surface area contributed by atoms with Gasteiger partial charge in [0.1, 0.15) is 6.04 Å². The van der Waals surface area contributed by atoms with Crippen molar-refractivity contribution < 1.29 is 19.4 Å². The number of morpholine rings is 1. The zero-order chi connectivity index (χ0) is 15.9. The van der Waals surface area contributed by atoms with Crippen LogP contribution in [-0.4, -0.2) is 67.4 Å². The molecule has 1 atom stereocenters. The van der Waals surface area contributed by atoms with Gasteiger partial charge in [0.25, 0.3) is 0 Å². The van der Waals surface area contributed by atoms with Crippen molar-refractivity contribution >= 4 is 12.0 Å². The number of nitrogens with one attached hydrogen (secondary N) is 2. The van der Waals surface area contributed by atoms with E-state index in [2.05, 4.69) is 15.5 Å². The number of carbonyl (C=O) groups is 2. The summed E-state index contributed by atoms with van der Waals surface area (Å²) in [5.41, 5.74) is -0.531. The standard InChI is InChI=1S/C14H27N3O4/c1-14(2,3)11(12(18)19)16-13(20)15-5-4-6-17-7-9-21-10-8-17/h11H,4-10H2,1-3H3,(H,18,19)(H2,15,16,20)/t11-/m1/s1. The van der Waals surface area contributed by atoms with E-state index in [1.807, 2.05) is 0 Å². The number of hydrogen-bond acceptors (Lipinski definition) is 4. The Kier molecular flexibility index (Phi) is 6.91. The highest BCUT2D eigenvalue weighted by Gasteiger charge is 2.32. The first-order valence-electron chi connectivity index (χ1n) is 7.38. The van der Waals surface area contributed by atoms with Crippen molar-refractivity contribution in [2.45, 2.75) is 33.2 Å². The number of urea groups is 1. The lowest BCUT2D eigenvalue weighted by Crippen LogP contribution is -2.52. The molecule has 1 aliphatic rings. The molecule has 1 saturated heterocycles. The molecule has 0 radical (unpaired) electrons. The molecule has 0 spiro atoms. The Morgan fingerprint density at radius 3 is 2.43 bits per heavy atom. The summed E-state index contributed by atoms with van der Waals surface area (Å²) in [6.07, 6.45) is 0.834. The van der Waals surface area contributed by atoms with Crippen molar-refractivity contribution in [2.75, 3.05) is 39.4 Å². The second-order valence-electron chi connectivity index (χ2n) is 6.35. The van der Waals surface area contributed by atoms with Crippen LogP contribution in [0.4, 0.5) is 4.79 Å². The average Bonchev–Trinajstić information content (AvgIpc) is 2.40. The monoisotopic (exact) mass is 301 g/mol. The van der Waals surface area contributed by atoms with Crippen LogP contribution in [0.15, 0.2) is 0 Å². The van der Waals surface area contributed by atoms with Gasteiger partial charge in [-0.15, -0.1) is 0 Å². The lowest BCUT2D eigenvalue weighted by molar-refractivity contribution is -0.141. The zero-order valence-corrected chi connectivity index (χ0v) is 13.1. The van der Waals surface area contributed by atoms with Gasteiger partial charge in [-0.05, 0) is 18.4 Å². The lowest BCUT2D eigenvalue weighted by atomic mass is 9.87. The molecule has 21 heavy (non-hydrogen) atoms. The molecule has 7 heteroatoms. The van der Waals surface area contributed by atoms with Crippen LogP contribution in [0.25, 0.3) is 0 Å². The third kappa shape index (κ3) is 6.77. The maximum absolute atomic E-state index is 11.7. The topological polar surface area (TPSA) is 90.9 Å². The molecule has 1 heterocycles. The van der Waals surface area contributed by atoms with Crippen LogP contribution in [-0.2, 0) is 9.53 Å². The van der Waals surface area contributed by atoms with Gasteiger partial charge < -0.3 is 20.5 Å². The Labute approximate surface area is 126 Å². The molecule has 2 amide bonds. The highest BCUT2D eigenvalue weighted by atomic mass is 16.5. The second kappa shape index (κ2) is 8.19. The van der Waals surface area contributed by atoms with E-state index in [9.17, 15) is 9.59 Å². The minimum atomic E-state index is -1.02. The van der Waals surface area contributed by atoms with E-state index < -0.39 is 23.5 Å². The van der Waals surface area contributed by atoms with Gasteiger partial charge in [-0.1, -0.05) is 20.8 Å². The summed E-state index contributed by atoms with van der Waals surface area (Å²) in [6.45, 7) is 10.2. The Balaban J connectivity index is 2.22. The van der Waals surface area contributed by atoms with Gasteiger partial charge in [0, 0.05) is 19.6 Å². The number of carbonyl (C=O) groups excluding carboxylic acids is 1. The molecule has 0 aliphatic carbocycles. The van der Waals surface area contributed by atoms with E-state index in [4.69, 9.17) is 9.84 Å². The largest absolute Gasteiger partial charge is 0.480 e. The predicted octanol–water partition coefficient (Wildman–Crippen LogP) is 0.507. The highest BCUT2D eigenvalue weighted by molar-refractivity contribution is 5.83. The van der Waals surface area contributed by atoms with Crippen molar-refractivity contribution in [1.29, 1.82) is 0 Å². The van der Waals surface area contributed by atoms with Gasteiger partial charge in [-0.25, -0.2) is 9.59 Å². The molecule has 1 aliphatic heterocycles. The Morgan fingerprint density at radius 2 is 1.90 bits per heavy atom. The van der Waals surface area contributed by atoms with Crippen LogP contribution in [0.3, 0.4) is 0 Å². The molecule has 0 aromatic carbocycles. The van der Waals surface area contributed by atoms with Gasteiger partial charge in [0.05, 0.1) is 13.2 Å². The number of carboxylic acid groups (broad SMARTS) is 1. The maximum Gasteiger partial charge on any atom is 0.326 e. The van der Waals surface area contributed by atoms with Crippen LogP contribution in [0, 0.1) is 5.41 Å². The van der Waals surface area contributed by atoms with Crippen LogP contribution in [0.2, 0.25) is 0 Å². The first-order chi connectivity index (χ1) is 9.80. The number of aliphatic carboxylic acids is 1. The van der Waals surface area contributed by atoms with Gasteiger partial charge in [-0.2, -0.15) is 0 Å². The van der Waals surface area contributed by atoms with E-state index in [0.29, 0.717) is 6.54 Å². The van der Waals surface area contributed by atoms with Crippen LogP contribution >= 0.6 is 0 Å². The molecule has 0 saturated carbocycles. The second-order valence-corrected chi connectivity index (χ2v) is 6.35. The van der Waals surface area contributed by atoms with Gasteiger partial charge >= 0.3 is 12.0 Å². The highest BCUT2D eigenvalue weighted by Crippen LogP contribution is 2.19. The Bertz CT molecular complexity index is 349. The van der Waals surface area contributed by atoms with E-state index >= 15 is 0 Å². The molecule has 0 aromatic rings. The van der Waals surface area contributed by atoms with Gasteiger partial charge in [0.2, 0.25) is 0 Å². The molecular weight excluding hydrogens is 274 g/mol. The minimum absolute atomic E-state index is 0.431. The third-order valence-electron chi connectivity index (χ3n) is 3.43. The summed E-state index contributed by atoms with van der Waals surface area (Å²) in [4.78, 5) is 25.2. The zero-order valence-electron chi connectivity index (χ0n) is 13.1. The normalized spacial score (nSPS) is 18.0. The summed E-state index contributed by atoms with van der Waals surface area (Å²) in [7, 11) is 0. The summed E-state index contributed by atoms with van der Waals surface area (Å²) >= 11 is 0. The molecule has 1 fully saturated rings. The van der Waals surface area contributed by atoms with E-state index in [1.165, 1.54) is 0 Å². The fourth-order valence-corrected chi connectivity index (χ4v) is 2.16. The quantitative estimate of drug-likeness (QED) is 0.622. The van der Waals surface area contributed by atoms with E-state index in [0.717, 1.165) is 39.3 Å². The molecule has 7 nitrogen and oxygen atoms in total. The van der Waals surface area contributed by atoms with Crippen LogP contribution in [0.1, 0.15) is 27.2 Å². The Morgan fingerprint density at radius 1 is 1.29 bits per heavy atom. The fourth-order valence-electron chi connectivity index (χ4n) is 2.16. The first-order valence-corrected chi connectivity index (χ1v) is 7.38. The Hall–Kier alpha value is -1.34. The van der Waals surface area contributed by atoms with Crippen LogP contribution < -0.4 is 10.6 Å². The molecule has 3 N–H and O–H groups in total. The molecule has 0 bridgehead atoms. The van der Waals surface area contributed by atoms with E-state index in [1.54, 1.807) is 20.8 Å². The average molecular weight is 301 g/mol. The lowest BCUT2D eigenvalue weighted by Gasteiger charge is -2.28. The smallest absolute Gasteiger partial charge is 0.326 e. The number of nitrogens with zero attached hydrogens (tertiary/aromatic N) is 1. The molecule has 0 aromatic heterocycles.